The summed E-state index contributed by atoms with van der Waals surface area (Å²) in [4.78, 5) is 13.9. The van der Waals surface area contributed by atoms with E-state index in [1.54, 1.807) is 0 Å². The lowest BCUT2D eigenvalue weighted by Gasteiger charge is -2.19. The lowest BCUT2D eigenvalue weighted by atomic mass is 9.96. The van der Waals surface area contributed by atoms with Crippen molar-refractivity contribution in [1.82, 2.24) is 4.90 Å². The third kappa shape index (κ3) is 4.43. The minimum Gasteiger partial charge on any atom is -0.469 e. The van der Waals surface area contributed by atoms with Crippen LogP contribution >= 0.6 is 0 Å². The molecule has 0 aliphatic heterocycles. The molecule has 0 fully saturated rings. The summed E-state index contributed by atoms with van der Waals surface area (Å²) in [5, 5.41) is 0. The highest BCUT2D eigenvalue weighted by atomic mass is 16.5. The molecule has 1 atom stereocenters. The molecule has 3 heteroatoms. The molecule has 116 valence electrons. The molecule has 22 heavy (non-hydrogen) atoms. The van der Waals surface area contributed by atoms with E-state index in [4.69, 9.17) is 4.74 Å². The van der Waals surface area contributed by atoms with Crippen molar-refractivity contribution in [1.29, 1.82) is 0 Å². The summed E-state index contributed by atoms with van der Waals surface area (Å²) in [5.74, 6) is -0.289. The minimum absolute atomic E-state index is 0.137. The second kappa shape index (κ2) is 7.76. The normalized spacial score (nSPS) is 12.2. The van der Waals surface area contributed by atoms with Crippen LogP contribution in [0, 0.1) is 5.92 Å². The Kier molecular flexibility index (Phi) is 5.73. The third-order valence-electron chi connectivity index (χ3n) is 3.66. The number of rotatable bonds is 6. The number of ether oxygens (including phenoxy) is 1. The van der Waals surface area contributed by atoms with E-state index in [0.717, 1.165) is 5.56 Å². The van der Waals surface area contributed by atoms with Crippen molar-refractivity contribution in [3.05, 3.63) is 60.2 Å². The van der Waals surface area contributed by atoms with Crippen molar-refractivity contribution in [2.24, 2.45) is 5.92 Å². The van der Waals surface area contributed by atoms with E-state index in [9.17, 15) is 4.79 Å². The maximum Gasteiger partial charge on any atom is 0.310 e. The van der Waals surface area contributed by atoms with E-state index >= 15 is 0 Å². The first-order valence-electron chi connectivity index (χ1n) is 7.47. The van der Waals surface area contributed by atoms with Crippen LogP contribution in [0.3, 0.4) is 0 Å². The predicted molar refractivity (Wildman–Crippen MR) is 89.6 cm³/mol. The minimum atomic E-state index is -0.152. The number of methoxy groups -OCH3 is 1. The van der Waals surface area contributed by atoms with Gasteiger partial charge in [0.1, 0.15) is 0 Å². The van der Waals surface area contributed by atoms with Gasteiger partial charge in [-0.05, 0) is 37.2 Å². The predicted octanol–water partition coefficient (Wildman–Crippen LogP) is 3.25. The number of carbonyl (C=O) groups is 1. The quantitative estimate of drug-likeness (QED) is 0.767. The summed E-state index contributed by atoms with van der Waals surface area (Å²) < 4.78 is 4.91. The van der Waals surface area contributed by atoms with Gasteiger partial charge < -0.3 is 9.64 Å². The van der Waals surface area contributed by atoms with Crippen molar-refractivity contribution in [3.8, 4) is 11.1 Å². The zero-order valence-electron chi connectivity index (χ0n) is 13.5. The average Bonchev–Trinajstić information content (AvgIpc) is 2.54. The van der Waals surface area contributed by atoms with Crippen molar-refractivity contribution in [2.75, 3.05) is 27.7 Å². The van der Waals surface area contributed by atoms with Gasteiger partial charge in [-0.15, -0.1) is 0 Å². The smallest absolute Gasteiger partial charge is 0.310 e. The highest BCUT2D eigenvalue weighted by Gasteiger charge is 2.20. The fourth-order valence-corrected chi connectivity index (χ4v) is 2.58. The van der Waals surface area contributed by atoms with Gasteiger partial charge in [0.15, 0.2) is 0 Å². The fraction of sp³-hybridized carbons (Fsp3) is 0.316. The zero-order valence-corrected chi connectivity index (χ0v) is 13.5. The average molecular weight is 297 g/mol. The summed E-state index contributed by atoms with van der Waals surface area (Å²) in [6.07, 6.45) is 0.694. The van der Waals surface area contributed by atoms with Gasteiger partial charge in [0.2, 0.25) is 0 Å². The van der Waals surface area contributed by atoms with Crippen LogP contribution in [-0.4, -0.2) is 38.6 Å². The number of hydrogen-bond acceptors (Lipinski definition) is 3. The Morgan fingerprint density at radius 3 is 2.14 bits per heavy atom. The van der Waals surface area contributed by atoms with E-state index in [0.29, 0.717) is 13.0 Å². The Labute approximate surface area is 132 Å². The molecule has 0 amide bonds. The molecule has 0 saturated heterocycles. The van der Waals surface area contributed by atoms with Crippen LogP contribution in [0.5, 0.6) is 0 Å². The highest BCUT2D eigenvalue weighted by molar-refractivity contribution is 5.73. The monoisotopic (exact) mass is 297 g/mol. The summed E-state index contributed by atoms with van der Waals surface area (Å²) in [5.41, 5.74) is 3.54. The number of benzene rings is 2. The summed E-state index contributed by atoms with van der Waals surface area (Å²) in [7, 11) is 5.38. The largest absolute Gasteiger partial charge is 0.469 e. The molecule has 0 spiro atoms. The molecule has 0 aliphatic carbocycles. The summed E-state index contributed by atoms with van der Waals surface area (Å²) >= 11 is 0. The van der Waals surface area contributed by atoms with E-state index in [2.05, 4.69) is 36.4 Å². The van der Waals surface area contributed by atoms with E-state index < -0.39 is 0 Å². The zero-order chi connectivity index (χ0) is 15.9. The Morgan fingerprint density at radius 1 is 1.00 bits per heavy atom. The van der Waals surface area contributed by atoms with E-state index in [1.807, 2.05) is 37.2 Å². The Balaban J connectivity index is 2.10. The molecule has 2 aromatic carbocycles. The number of nitrogens with zero attached hydrogens (tertiary/aromatic N) is 1. The van der Waals surface area contributed by atoms with Gasteiger partial charge in [-0.25, -0.2) is 0 Å². The summed E-state index contributed by atoms with van der Waals surface area (Å²) in [6.45, 7) is 0.688. The lowest BCUT2D eigenvalue weighted by molar-refractivity contribution is -0.145. The molecule has 2 rings (SSSR count). The van der Waals surface area contributed by atoms with Crippen molar-refractivity contribution < 1.29 is 9.53 Å². The molecule has 2 aromatic rings. The molecule has 0 aromatic heterocycles. The highest BCUT2D eigenvalue weighted by Crippen LogP contribution is 2.20. The van der Waals surface area contributed by atoms with Gasteiger partial charge >= 0.3 is 5.97 Å². The molecule has 0 bridgehead atoms. The molecule has 0 radical (unpaired) electrons. The fourth-order valence-electron chi connectivity index (χ4n) is 2.58. The van der Waals surface area contributed by atoms with Crippen LogP contribution in [0.25, 0.3) is 11.1 Å². The molecular weight excluding hydrogens is 274 g/mol. The van der Waals surface area contributed by atoms with Crippen LogP contribution in [0.2, 0.25) is 0 Å². The van der Waals surface area contributed by atoms with Crippen LogP contribution in [0.15, 0.2) is 54.6 Å². The second-order valence-electron chi connectivity index (χ2n) is 5.75. The topological polar surface area (TPSA) is 29.5 Å². The first kappa shape index (κ1) is 16.2. The molecular formula is C19H23NO2. The van der Waals surface area contributed by atoms with E-state index in [-0.39, 0.29) is 11.9 Å². The Morgan fingerprint density at radius 2 is 1.59 bits per heavy atom. The number of hydrogen-bond donors (Lipinski definition) is 0. The molecule has 0 heterocycles. The molecule has 0 saturated carbocycles. The standard InChI is InChI=1S/C19H23NO2/c1-20(2)14-18(19(21)22-3)13-15-9-11-17(12-10-15)16-7-5-4-6-8-16/h4-12,18H,13-14H2,1-3H3. The second-order valence-corrected chi connectivity index (χ2v) is 5.75. The first-order chi connectivity index (χ1) is 10.6. The van der Waals surface area contributed by atoms with Crippen molar-refractivity contribution >= 4 is 5.97 Å². The van der Waals surface area contributed by atoms with Gasteiger partial charge in [0, 0.05) is 6.54 Å². The van der Waals surface area contributed by atoms with Gasteiger partial charge in [0.05, 0.1) is 13.0 Å². The van der Waals surface area contributed by atoms with Crippen LogP contribution < -0.4 is 0 Å². The van der Waals surface area contributed by atoms with Gasteiger partial charge in [-0.2, -0.15) is 0 Å². The number of esters is 1. The van der Waals surface area contributed by atoms with E-state index in [1.165, 1.54) is 18.2 Å². The van der Waals surface area contributed by atoms with Crippen LogP contribution in [0.1, 0.15) is 5.56 Å². The lowest BCUT2D eigenvalue weighted by Crippen LogP contribution is -2.30. The maximum absolute atomic E-state index is 11.9. The first-order valence-corrected chi connectivity index (χ1v) is 7.47. The number of carbonyl (C=O) groups excluding carboxylic acids is 1. The Bertz CT molecular complexity index is 591. The molecule has 1 unspecified atom stereocenters. The third-order valence-corrected chi connectivity index (χ3v) is 3.66. The van der Waals surface area contributed by atoms with Crippen LogP contribution in [0.4, 0.5) is 0 Å². The SMILES string of the molecule is COC(=O)C(Cc1ccc(-c2ccccc2)cc1)CN(C)C. The van der Waals surface area contributed by atoms with Gasteiger partial charge in [0.25, 0.3) is 0 Å². The molecule has 3 nitrogen and oxygen atoms in total. The van der Waals surface area contributed by atoms with Crippen molar-refractivity contribution in [2.45, 2.75) is 6.42 Å². The van der Waals surface area contributed by atoms with Gasteiger partial charge in [-0.1, -0.05) is 54.6 Å². The van der Waals surface area contributed by atoms with Crippen molar-refractivity contribution in [3.63, 3.8) is 0 Å². The summed E-state index contributed by atoms with van der Waals surface area (Å²) in [6, 6.07) is 18.7. The maximum atomic E-state index is 11.9. The van der Waals surface area contributed by atoms with Gasteiger partial charge in [-0.3, -0.25) is 4.79 Å². The van der Waals surface area contributed by atoms with Crippen LogP contribution in [-0.2, 0) is 16.0 Å². The molecule has 0 aliphatic rings. The Hall–Kier alpha value is -2.13. The molecule has 0 N–H and O–H groups in total.